The van der Waals surface area contributed by atoms with Gasteiger partial charge < -0.3 is 14.7 Å². The molecule has 1 saturated heterocycles. The van der Waals surface area contributed by atoms with Crippen molar-refractivity contribution in [1.29, 1.82) is 0 Å². The zero-order valence-corrected chi connectivity index (χ0v) is 24.0. The van der Waals surface area contributed by atoms with Crippen LogP contribution in [0.1, 0.15) is 114 Å². The van der Waals surface area contributed by atoms with Crippen molar-refractivity contribution in [2.75, 3.05) is 13.7 Å². The van der Waals surface area contributed by atoms with Gasteiger partial charge in [0.25, 0.3) is 11.7 Å². The number of aliphatic hydroxyl groups is 1. The Hall–Kier alpha value is -3.08. The topological polar surface area (TPSA) is 66.8 Å². The smallest absolute Gasteiger partial charge is 0.295 e. The van der Waals surface area contributed by atoms with Crippen molar-refractivity contribution in [2.24, 2.45) is 0 Å². The second-order valence-corrected chi connectivity index (χ2v) is 10.7. The number of hydrogen-bond acceptors (Lipinski definition) is 4. The molecule has 1 aliphatic heterocycles. The fraction of sp³-hybridized carbons (Fsp3) is 0.529. The number of methoxy groups -OCH3 is 1. The van der Waals surface area contributed by atoms with Crippen LogP contribution in [0.25, 0.3) is 5.76 Å². The molecule has 1 aliphatic rings. The van der Waals surface area contributed by atoms with E-state index < -0.39 is 17.7 Å². The average Bonchev–Trinajstić information content (AvgIpc) is 3.22. The second kappa shape index (κ2) is 16.8. The Morgan fingerprint density at radius 1 is 0.744 bits per heavy atom. The standard InChI is InChI=1S/C34H47NO4/c1-3-4-5-6-7-8-9-10-11-12-13-14-15-19-26-35-31(27-22-24-29(39-2)25-23-27)30(33(37)34(35)38)32(36)28-20-17-16-18-21-28/h16-18,20-25,31,36H,3-15,19,26H2,1-2H3. The third-order valence-corrected chi connectivity index (χ3v) is 7.77. The van der Waals surface area contributed by atoms with Crippen LogP contribution in [0.5, 0.6) is 5.75 Å². The molecule has 5 nitrogen and oxygen atoms in total. The van der Waals surface area contributed by atoms with E-state index in [1.165, 1.54) is 70.6 Å². The van der Waals surface area contributed by atoms with Crippen molar-refractivity contribution in [3.8, 4) is 5.75 Å². The zero-order chi connectivity index (χ0) is 27.9. The van der Waals surface area contributed by atoms with E-state index in [4.69, 9.17) is 4.74 Å². The first-order valence-electron chi connectivity index (χ1n) is 15.1. The van der Waals surface area contributed by atoms with Crippen LogP contribution in [0.2, 0.25) is 0 Å². The lowest BCUT2D eigenvalue weighted by Crippen LogP contribution is -2.30. The molecule has 0 aromatic heterocycles. The molecule has 1 unspecified atom stereocenters. The normalized spacial score (nSPS) is 16.7. The minimum atomic E-state index is -0.623. The third kappa shape index (κ3) is 8.98. The lowest BCUT2D eigenvalue weighted by atomic mass is 9.95. The molecular weight excluding hydrogens is 486 g/mol. The molecule has 0 aliphatic carbocycles. The van der Waals surface area contributed by atoms with Gasteiger partial charge in [-0.25, -0.2) is 0 Å². The Bertz CT molecular complexity index is 1040. The molecule has 1 amide bonds. The fourth-order valence-corrected chi connectivity index (χ4v) is 5.47. The zero-order valence-electron chi connectivity index (χ0n) is 24.0. The monoisotopic (exact) mass is 533 g/mol. The number of Topliss-reactive ketones (excluding diaryl/α,β-unsaturated/α-hetero) is 1. The Morgan fingerprint density at radius 2 is 1.26 bits per heavy atom. The van der Waals surface area contributed by atoms with E-state index in [1.807, 2.05) is 42.5 Å². The van der Waals surface area contributed by atoms with Crippen LogP contribution >= 0.6 is 0 Å². The quantitative estimate of drug-likeness (QED) is 0.0901. The van der Waals surface area contributed by atoms with Gasteiger partial charge in [-0.3, -0.25) is 9.59 Å². The predicted molar refractivity (Wildman–Crippen MR) is 159 cm³/mol. The molecule has 0 radical (unpaired) electrons. The number of amides is 1. The number of hydrogen-bond donors (Lipinski definition) is 1. The highest BCUT2D eigenvalue weighted by Gasteiger charge is 2.45. The second-order valence-electron chi connectivity index (χ2n) is 10.7. The highest BCUT2D eigenvalue weighted by molar-refractivity contribution is 6.46. The van der Waals surface area contributed by atoms with Gasteiger partial charge in [-0.05, 0) is 24.1 Å². The van der Waals surface area contributed by atoms with Crippen molar-refractivity contribution < 1.29 is 19.4 Å². The van der Waals surface area contributed by atoms with E-state index in [9.17, 15) is 14.7 Å². The number of unbranched alkanes of at least 4 members (excludes halogenated alkanes) is 13. The van der Waals surface area contributed by atoms with E-state index in [2.05, 4.69) is 6.92 Å². The highest BCUT2D eigenvalue weighted by atomic mass is 16.5. The van der Waals surface area contributed by atoms with Gasteiger partial charge in [0.2, 0.25) is 0 Å². The summed E-state index contributed by atoms with van der Waals surface area (Å²) in [5, 5.41) is 11.1. The Balaban J connectivity index is 1.52. The summed E-state index contributed by atoms with van der Waals surface area (Å²) in [6.07, 6.45) is 17.7. The molecule has 3 rings (SSSR count). The summed E-state index contributed by atoms with van der Waals surface area (Å²) in [6.45, 7) is 2.75. The molecule has 5 heteroatoms. The maximum absolute atomic E-state index is 13.2. The van der Waals surface area contributed by atoms with Crippen molar-refractivity contribution >= 4 is 17.4 Å². The van der Waals surface area contributed by atoms with Crippen LogP contribution in [0.4, 0.5) is 0 Å². The third-order valence-electron chi connectivity index (χ3n) is 7.77. The lowest BCUT2D eigenvalue weighted by Gasteiger charge is -2.25. The van der Waals surface area contributed by atoms with E-state index in [0.29, 0.717) is 17.9 Å². The summed E-state index contributed by atoms with van der Waals surface area (Å²) >= 11 is 0. The molecule has 0 bridgehead atoms. The maximum Gasteiger partial charge on any atom is 0.295 e. The number of ketones is 1. The maximum atomic E-state index is 13.2. The Kier molecular flexibility index (Phi) is 13.1. The lowest BCUT2D eigenvalue weighted by molar-refractivity contribution is -0.139. The van der Waals surface area contributed by atoms with Gasteiger partial charge in [-0.15, -0.1) is 0 Å². The van der Waals surface area contributed by atoms with Crippen LogP contribution in [0, 0.1) is 0 Å². The Morgan fingerprint density at radius 3 is 1.77 bits per heavy atom. The number of ether oxygens (including phenoxy) is 1. The summed E-state index contributed by atoms with van der Waals surface area (Å²) in [6, 6.07) is 15.7. The minimum absolute atomic E-state index is 0.127. The van der Waals surface area contributed by atoms with Gasteiger partial charge in [0.15, 0.2) is 0 Å². The summed E-state index contributed by atoms with van der Waals surface area (Å²) in [4.78, 5) is 27.9. The van der Waals surface area contributed by atoms with Crippen LogP contribution in [0.15, 0.2) is 60.2 Å². The fourth-order valence-electron chi connectivity index (χ4n) is 5.47. The molecule has 1 atom stereocenters. The van der Waals surface area contributed by atoms with E-state index in [0.717, 1.165) is 24.8 Å². The van der Waals surface area contributed by atoms with E-state index in [1.54, 1.807) is 24.1 Å². The van der Waals surface area contributed by atoms with Crippen LogP contribution in [-0.4, -0.2) is 35.4 Å². The number of nitrogens with zero attached hydrogens (tertiary/aromatic N) is 1. The van der Waals surface area contributed by atoms with Gasteiger partial charge >= 0.3 is 0 Å². The van der Waals surface area contributed by atoms with Crippen LogP contribution in [-0.2, 0) is 9.59 Å². The van der Waals surface area contributed by atoms with E-state index in [-0.39, 0.29) is 11.3 Å². The molecule has 1 N–H and O–H groups in total. The molecule has 2 aromatic carbocycles. The van der Waals surface area contributed by atoms with Crippen molar-refractivity contribution in [1.82, 2.24) is 4.90 Å². The van der Waals surface area contributed by atoms with Gasteiger partial charge in [0.05, 0.1) is 18.7 Å². The predicted octanol–water partition coefficient (Wildman–Crippen LogP) is 8.60. The van der Waals surface area contributed by atoms with Crippen LogP contribution < -0.4 is 4.74 Å². The number of aliphatic hydroxyl groups excluding tert-OH is 1. The SMILES string of the molecule is CCCCCCCCCCCCCCCCN1C(=O)C(=O)C(=C(O)c2ccccc2)C1c1ccc(OC)cc1. The molecular formula is C34H47NO4. The number of rotatable bonds is 18. The van der Waals surface area contributed by atoms with E-state index >= 15 is 0 Å². The van der Waals surface area contributed by atoms with Crippen molar-refractivity contribution in [3.05, 3.63) is 71.3 Å². The number of carbonyl (C=O) groups is 2. The summed E-state index contributed by atoms with van der Waals surface area (Å²) in [5.74, 6) is -0.588. The minimum Gasteiger partial charge on any atom is -0.507 e. The average molecular weight is 534 g/mol. The Labute approximate surface area is 235 Å². The molecule has 39 heavy (non-hydrogen) atoms. The number of carbonyl (C=O) groups excluding carboxylic acids is 2. The first-order chi connectivity index (χ1) is 19.1. The summed E-state index contributed by atoms with van der Waals surface area (Å²) < 4.78 is 5.29. The highest BCUT2D eigenvalue weighted by Crippen LogP contribution is 2.40. The largest absolute Gasteiger partial charge is 0.507 e. The molecule has 2 aromatic rings. The first kappa shape index (κ1) is 30.5. The molecule has 1 heterocycles. The molecule has 1 fully saturated rings. The molecule has 212 valence electrons. The van der Waals surface area contributed by atoms with Gasteiger partial charge in [0.1, 0.15) is 11.5 Å². The summed E-state index contributed by atoms with van der Waals surface area (Å²) in [5.41, 5.74) is 1.48. The number of likely N-dealkylation sites (tertiary alicyclic amines) is 1. The molecule has 0 spiro atoms. The number of benzene rings is 2. The van der Waals surface area contributed by atoms with Crippen molar-refractivity contribution in [2.45, 2.75) is 103 Å². The van der Waals surface area contributed by atoms with Crippen molar-refractivity contribution in [3.63, 3.8) is 0 Å². The summed E-state index contributed by atoms with van der Waals surface area (Å²) in [7, 11) is 1.60. The first-order valence-corrected chi connectivity index (χ1v) is 15.1. The van der Waals surface area contributed by atoms with Gasteiger partial charge in [-0.1, -0.05) is 133 Å². The van der Waals surface area contributed by atoms with Gasteiger partial charge in [0, 0.05) is 12.1 Å². The van der Waals surface area contributed by atoms with Crippen LogP contribution in [0.3, 0.4) is 0 Å². The molecule has 0 saturated carbocycles. The van der Waals surface area contributed by atoms with Gasteiger partial charge in [-0.2, -0.15) is 0 Å².